The molecule has 0 saturated carbocycles. The Morgan fingerprint density at radius 2 is 1.78 bits per heavy atom. The lowest BCUT2D eigenvalue weighted by Gasteiger charge is -2.26. The fourth-order valence-electron chi connectivity index (χ4n) is 3.44. The predicted octanol–water partition coefficient (Wildman–Crippen LogP) is 4.50. The van der Waals surface area contributed by atoms with Crippen molar-refractivity contribution in [2.45, 2.75) is 6.61 Å². The normalized spacial score (nSPS) is 14.6. The lowest BCUT2D eigenvalue weighted by atomic mass is 10.1. The summed E-state index contributed by atoms with van der Waals surface area (Å²) >= 11 is 5.98. The molecule has 3 aromatic carbocycles. The molecular formula is C25H18ClN3O7. The van der Waals surface area contributed by atoms with E-state index in [1.807, 2.05) is 0 Å². The van der Waals surface area contributed by atoms with Crippen molar-refractivity contribution < 1.29 is 28.8 Å². The molecule has 0 bridgehead atoms. The highest BCUT2D eigenvalue weighted by molar-refractivity contribution is 6.39. The smallest absolute Gasteiger partial charge is 0.335 e. The van der Waals surface area contributed by atoms with Crippen molar-refractivity contribution in [3.8, 4) is 11.5 Å². The molecule has 0 aliphatic carbocycles. The van der Waals surface area contributed by atoms with E-state index < -0.39 is 22.8 Å². The number of halogens is 1. The van der Waals surface area contributed by atoms with Gasteiger partial charge in [-0.25, -0.2) is 9.69 Å². The first-order valence-electron chi connectivity index (χ1n) is 10.5. The molecule has 11 heteroatoms. The lowest BCUT2D eigenvalue weighted by molar-refractivity contribution is -0.384. The van der Waals surface area contributed by atoms with E-state index in [-0.39, 0.29) is 23.6 Å². The minimum Gasteiger partial charge on any atom is -0.493 e. The van der Waals surface area contributed by atoms with Crippen LogP contribution in [0.2, 0.25) is 5.02 Å². The number of imide groups is 2. The summed E-state index contributed by atoms with van der Waals surface area (Å²) < 4.78 is 11.2. The summed E-state index contributed by atoms with van der Waals surface area (Å²) in [6.07, 6.45) is 1.34. The van der Waals surface area contributed by atoms with Crippen molar-refractivity contribution in [2.75, 3.05) is 12.0 Å². The quantitative estimate of drug-likeness (QED) is 0.216. The average Bonchev–Trinajstić information content (AvgIpc) is 2.85. The maximum Gasteiger partial charge on any atom is 0.335 e. The van der Waals surface area contributed by atoms with Crippen LogP contribution in [0.25, 0.3) is 6.08 Å². The first-order chi connectivity index (χ1) is 17.3. The molecule has 182 valence electrons. The molecule has 0 radical (unpaired) electrons. The van der Waals surface area contributed by atoms with E-state index in [2.05, 4.69) is 5.32 Å². The van der Waals surface area contributed by atoms with Crippen LogP contribution < -0.4 is 19.7 Å². The van der Waals surface area contributed by atoms with Crippen molar-refractivity contribution in [1.82, 2.24) is 5.32 Å². The Bertz CT molecular complexity index is 1400. The van der Waals surface area contributed by atoms with Crippen LogP contribution in [-0.2, 0) is 16.2 Å². The fourth-order valence-corrected chi connectivity index (χ4v) is 3.63. The van der Waals surface area contributed by atoms with Crippen molar-refractivity contribution in [3.63, 3.8) is 0 Å². The minimum absolute atomic E-state index is 0.0226. The standard InChI is InChI=1S/C25H18ClN3O7/c1-35-22-12-16(7-10-21(22)36-14-15-5-8-18(9-6-15)29(33)34)11-20-23(30)27-25(32)28(24(20)31)19-4-2-3-17(26)13-19/h2-13H,14H2,1H3,(H,27,30,32)/b20-11+. The van der Waals surface area contributed by atoms with Gasteiger partial charge in [-0.15, -0.1) is 0 Å². The van der Waals surface area contributed by atoms with Crippen LogP contribution in [0.4, 0.5) is 16.2 Å². The van der Waals surface area contributed by atoms with Crippen LogP contribution >= 0.6 is 11.6 Å². The third-order valence-corrected chi connectivity index (χ3v) is 5.44. The van der Waals surface area contributed by atoms with E-state index in [9.17, 15) is 24.5 Å². The molecular weight excluding hydrogens is 490 g/mol. The number of benzene rings is 3. The highest BCUT2D eigenvalue weighted by atomic mass is 35.5. The molecule has 4 rings (SSSR count). The summed E-state index contributed by atoms with van der Waals surface area (Å²) in [4.78, 5) is 49.0. The van der Waals surface area contributed by atoms with Gasteiger partial charge in [-0.1, -0.05) is 23.7 Å². The molecule has 36 heavy (non-hydrogen) atoms. The van der Waals surface area contributed by atoms with E-state index in [1.165, 1.54) is 37.5 Å². The second kappa shape index (κ2) is 10.3. The highest BCUT2D eigenvalue weighted by Gasteiger charge is 2.36. The summed E-state index contributed by atoms with van der Waals surface area (Å²) in [5, 5.41) is 13.3. The number of non-ortho nitro benzene ring substituents is 1. The fraction of sp³-hybridized carbons (Fsp3) is 0.0800. The zero-order valence-electron chi connectivity index (χ0n) is 18.8. The molecule has 0 atom stereocenters. The van der Waals surface area contributed by atoms with Crippen LogP contribution in [0.1, 0.15) is 11.1 Å². The van der Waals surface area contributed by atoms with Gasteiger partial charge < -0.3 is 9.47 Å². The van der Waals surface area contributed by atoms with E-state index in [1.54, 1.807) is 42.5 Å². The van der Waals surface area contributed by atoms with Crippen molar-refractivity contribution in [3.05, 3.63) is 98.6 Å². The third kappa shape index (κ3) is 5.18. The molecule has 1 heterocycles. The van der Waals surface area contributed by atoms with Gasteiger partial charge in [-0.2, -0.15) is 0 Å². The van der Waals surface area contributed by atoms with Gasteiger partial charge in [0.2, 0.25) is 0 Å². The highest BCUT2D eigenvalue weighted by Crippen LogP contribution is 2.31. The van der Waals surface area contributed by atoms with Gasteiger partial charge in [-0.05, 0) is 59.7 Å². The number of urea groups is 1. The number of carbonyl (C=O) groups excluding carboxylic acids is 3. The summed E-state index contributed by atoms with van der Waals surface area (Å²) in [5.41, 5.74) is 1.11. The average molecular weight is 508 g/mol. The van der Waals surface area contributed by atoms with Gasteiger partial charge in [0.25, 0.3) is 17.5 Å². The molecule has 3 aromatic rings. The molecule has 1 aliphatic heterocycles. The molecule has 1 aliphatic rings. The number of amides is 4. The van der Waals surface area contributed by atoms with Gasteiger partial charge in [0, 0.05) is 17.2 Å². The minimum atomic E-state index is -0.878. The Hall–Kier alpha value is -4.70. The number of hydrogen-bond acceptors (Lipinski definition) is 7. The van der Waals surface area contributed by atoms with E-state index in [4.69, 9.17) is 21.1 Å². The second-order valence-electron chi connectivity index (χ2n) is 7.56. The van der Waals surface area contributed by atoms with Crippen molar-refractivity contribution >= 4 is 46.9 Å². The molecule has 0 spiro atoms. The summed E-state index contributed by atoms with van der Waals surface area (Å²) in [5.74, 6) is -0.921. The lowest BCUT2D eigenvalue weighted by Crippen LogP contribution is -2.54. The maximum absolute atomic E-state index is 13.0. The number of rotatable bonds is 7. The number of nitro benzene ring substituents is 1. The van der Waals surface area contributed by atoms with Crippen LogP contribution in [0.5, 0.6) is 11.5 Å². The van der Waals surface area contributed by atoms with Gasteiger partial charge in [0.1, 0.15) is 12.2 Å². The van der Waals surface area contributed by atoms with E-state index in [0.717, 1.165) is 4.90 Å². The number of nitrogens with zero attached hydrogens (tertiary/aromatic N) is 2. The number of barbiturate groups is 1. The molecule has 4 amide bonds. The molecule has 1 N–H and O–H groups in total. The number of anilines is 1. The van der Waals surface area contributed by atoms with Crippen molar-refractivity contribution in [2.24, 2.45) is 0 Å². The first kappa shape index (κ1) is 24.4. The topological polar surface area (TPSA) is 128 Å². The van der Waals surface area contributed by atoms with Crippen LogP contribution in [0.15, 0.2) is 72.3 Å². The van der Waals surface area contributed by atoms with Crippen LogP contribution in [0, 0.1) is 10.1 Å². The number of carbonyl (C=O) groups is 3. The predicted molar refractivity (Wildman–Crippen MR) is 131 cm³/mol. The number of hydrogen-bond donors (Lipinski definition) is 1. The molecule has 0 aromatic heterocycles. The summed E-state index contributed by atoms with van der Waals surface area (Å²) in [6.45, 7) is 0.131. The van der Waals surface area contributed by atoms with Gasteiger partial charge >= 0.3 is 6.03 Å². The zero-order chi connectivity index (χ0) is 25.8. The molecule has 0 unspecified atom stereocenters. The number of ether oxygens (including phenoxy) is 2. The molecule has 1 fully saturated rings. The third-order valence-electron chi connectivity index (χ3n) is 5.21. The molecule has 1 saturated heterocycles. The SMILES string of the molecule is COc1cc(/C=C2\C(=O)NC(=O)N(c3cccc(Cl)c3)C2=O)ccc1OCc1ccc([N+](=O)[O-])cc1. The van der Waals surface area contributed by atoms with Gasteiger partial charge in [0.15, 0.2) is 11.5 Å². The Morgan fingerprint density at radius 3 is 2.44 bits per heavy atom. The summed E-state index contributed by atoms with van der Waals surface area (Å²) in [6, 6.07) is 16.0. The van der Waals surface area contributed by atoms with Crippen molar-refractivity contribution in [1.29, 1.82) is 0 Å². The number of nitrogens with one attached hydrogen (secondary N) is 1. The monoisotopic (exact) mass is 507 g/mol. The summed E-state index contributed by atoms with van der Waals surface area (Å²) in [7, 11) is 1.43. The number of methoxy groups -OCH3 is 1. The van der Waals surface area contributed by atoms with E-state index >= 15 is 0 Å². The Labute approximate surface area is 209 Å². The van der Waals surface area contributed by atoms with Crippen LogP contribution in [-0.4, -0.2) is 29.9 Å². The van der Waals surface area contributed by atoms with Gasteiger partial charge in [-0.3, -0.25) is 25.0 Å². The maximum atomic E-state index is 13.0. The Balaban J connectivity index is 1.56. The van der Waals surface area contributed by atoms with Crippen LogP contribution in [0.3, 0.4) is 0 Å². The Kier molecular flexibility index (Phi) is 6.98. The zero-order valence-corrected chi connectivity index (χ0v) is 19.5. The number of nitro groups is 1. The first-order valence-corrected chi connectivity index (χ1v) is 10.9. The van der Waals surface area contributed by atoms with E-state index in [0.29, 0.717) is 27.6 Å². The molecule has 10 nitrogen and oxygen atoms in total. The Morgan fingerprint density at radius 1 is 1.03 bits per heavy atom. The second-order valence-corrected chi connectivity index (χ2v) is 8.00. The van der Waals surface area contributed by atoms with Gasteiger partial charge in [0.05, 0.1) is 17.7 Å². The largest absolute Gasteiger partial charge is 0.493 e.